The Labute approximate surface area is 173 Å². The van der Waals surface area contributed by atoms with E-state index in [1.54, 1.807) is 25.3 Å². The quantitative estimate of drug-likeness (QED) is 0.639. The molecule has 0 aliphatic heterocycles. The molecule has 0 aliphatic carbocycles. The summed E-state index contributed by atoms with van der Waals surface area (Å²) in [6.07, 6.45) is 5.24. The summed E-state index contributed by atoms with van der Waals surface area (Å²) in [6.45, 7) is 1.85. The van der Waals surface area contributed by atoms with Crippen LogP contribution in [0, 0.1) is 0 Å². The number of methoxy groups -OCH3 is 3. The van der Waals surface area contributed by atoms with Gasteiger partial charge in [-0.2, -0.15) is 0 Å². The molecule has 0 aliphatic rings. The summed E-state index contributed by atoms with van der Waals surface area (Å²) in [5.41, 5.74) is 1.78. The van der Waals surface area contributed by atoms with Crippen LogP contribution in [0.25, 0.3) is 17.8 Å². The summed E-state index contributed by atoms with van der Waals surface area (Å²) in [5, 5.41) is 9.18. The zero-order chi connectivity index (χ0) is 21.8. The third-order valence-corrected chi connectivity index (χ3v) is 4.70. The average molecular weight is 410 g/mol. The summed E-state index contributed by atoms with van der Waals surface area (Å²) in [6, 6.07) is 6.51. The number of pyridine rings is 1. The van der Waals surface area contributed by atoms with E-state index in [1.807, 2.05) is 13.0 Å². The number of carboxylic acid groups (broad SMARTS) is 1. The van der Waals surface area contributed by atoms with Gasteiger partial charge in [-0.3, -0.25) is 9.20 Å². The van der Waals surface area contributed by atoms with Gasteiger partial charge in [0.15, 0.2) is 11.5 Å². The Morgan fingerprint density at radius 1 is 1.07 bits per heavy atom. The first-order valence-corrected chi connectivity index (χ1v) is 9.20. The lowest BCUT2D eigenvalue weighted by atomic mass is 10.1. The number of rotatable bonds is 7. The number of benzene rings is 1. The van der Waals surface area contributed by atoms with Crippen molar-refractivity contribution in [2.24, 2.45) is 0 Å². The maximum Gasteiger partial charge on any atom is 0.337 e. The first-order chi connectivity index (χ1) is 14.4. The van der Waals surface area contributed by atoms with Gasteiger partial charge in [0.2, 0.25) is 5.75 Å². The molecular formula is C22H22N2O6. The number of aromatic nitrogens is 2. The molecule has 1 N–H and O–H groups in total. The highest BCUT2D eigenvalue weighted by molar-refractivity contribution is 5.87. The van der Waals surface area contributed by atoms with E-state index in [4.69, 9.17) is 14.2 Å². The van der Waals surface area contributed by atoms with Gasteiger partial charge in [-0.1, -0.05) is 6.92 Å². The van der Waals surface area contributed by atoms with Crippen LogP contribution >= 0.6 is 0 Å². The van der Waals surface area contributed by atoms with Crippen molar-refractivity contribution in [3.05, 3.63) is 63.2 Å². The topological polar surface area (TPSA) is 99.4 Å². The third kappa shape index (κ3) is 3.71. The van der Waals surface area contributed by atoms with Crippen LogP contribution in [0.4, 0.5) is 0 Å². The Hall–Kier alpha value is -3.81. The van der Waals surface area contributed by atoms with Crippen molar-refractivity contribution >= 4 is 23.8 Å². The molecule has 8 nitrogen and oxygen atoms in total. The Morgan fingerprint density at radius 3 is 2.40 bits per heavy atom. The molecule has 0 fully saturated rings. The Bertz CT molecular complexity index is 1200. The standard InChI is InChI=1S/C22H22N2O6/c1-5-15-16(23-18-11-8-14(22(26)27)12-24(18)21(15)25)9-6-13-7-10-17(28-2)20(30-4)19(13)29-3/h6-12H,5H2,1-4H3,(H,26,27)/b9-6+. The highest BCUT2D eigenvalue weighted by Crippen LogP contribution is 2.40. The second-order valence-corrected chi connectivity index (χ2v) is 6.34. The van der Waals surface area contributed by atoms with Gasteiger partial charge in [0.1, 0.15) is 5.65 Å². The number of carboxylic acids is 1. The minimum absolute atomic E-state index is 0.0202. The molecule has 156 valence electrons. The summed E-state index contributed by atoms with van der Waals surface area (Å²) in [5.74, 6) is 0.392. The Kier molecular flexibility index (Phi) is 6.06. The zero-order valence-electron chi connectivity index (χ0n) is 17.1. The summed E-state index contributed by atoms with van der Waals surface area (Å²) in [4.78, 5) is 28.7. The molecular weight excluding hydrogens is 388 g/mol. The predicted octanol–water partition coefficient (Wildman–Crippen LogP) is 3.15. The van der Waals surface area contributed by atoms with Crippen LogP contribution in [-0.4, -0.2) is 41.8 Å². The fourth-order valence-corrected chi connectivity index (χ4v) is 3.21. The second-order valence-electron chi connectivity index (χ2n) is 6.34. The van der Waals surface area contributed by atoms with Gasteiger partial charge in [0.25, 0.3) is 5.56 Å². The minimum atomic E-state index is -1.11. The van der Waals surface area contributed by atoms with Crippen molar-refractivity contribution in [1.29, 1.82) is 0 Å². The number of hydrogen-bond donors (Lipinski definition) is 1. The van der Waals surface area contributed by atoms with Gasteiger partial charge in [0.05, 0.1) is 32.6 Å². The van der Waals surface area contributed by atoms with Crippen molar-refractivity contribution in [2.45, 2.75) is 13.3 Å². The Morgan fingerprint density at radius 2 is 1.80 bits per heavy atom. The van der Waals surface area contributed by atoms with Crippen LogP contribution in [0.3, 0.4) is 0 Å². The number of fused-ring (bicyclic) bond motifs is 1. The van der Waals surface area contributed by atoms with Crippen molar-refractivity contribution in [3.63, 3.8) is 0 Å². The molecule has 3 rings (SSSR count). The normalized spacial score (nSPS) is 11.1. The summed E-state index contributed by atoms with van der Waals surface area (Å²) in [7, 11) is 4.61. The minimum Gasteiger partial charge on any atom is -0.493 e. The molecule has 2 aromatic heterocycles. The van der Waals surface area contributed by atoms with Gasteiger partial charge < -0.3 is 19.3 Å². The molecule has 30 heavy (non-hydrogen) atoms. The zero-order valence-corrected chi connectivity index (χ0v) is 17.1. The van der Waals surface area contributed by atoms with Crippen molar-refractivity contribution in [1.82, 2.24) is 9.38 Å². The lowest BCUT2D eigenvalue weighted by Crippen LogP contribution is -2.22. The molecule has 0 saturated heterocycles. The van der Waals surface area contributed by atoms with E-state index in [0.717, 1.165) is 5.56 Å². The largest absolute Gasteiger partial charge is 0.493 e. The van der Waals surface area contributed by atoms with E-state index in [0.29, 0.717) is 40.6 Å². The fraction of sp³-hybridized carbons (Fsp3) is 0.227. The van der Waals surface area contributed by atoms with Crippen LogP contribution in [0.2, 0.25) is 0 Å². The van der Waals surface area contributed by atoms with E-state index in [1.165, 1.54) is 36.9 Å². The van der Waals surface area contributed by atoms with Crippen LogP contribution < -0.4 is 19.8 Å². The molecule has 8 heteroatoms. The highest BCUT2D eigenvalue weighted by Gasteiger charge is 2.15. The molecule has 2 heterocycles. The first-order valence-electron chi connectivity index (χ1n) is 9.20. The van der Waals surface area contributed by atoms with Crippen LogP contribution in [-0.2, 0) is 6.42 Å². The average Bonchev–Trinajstić information content (AvgIpc) is 2.76. The molecule has 0 bridgehead atoms. The number of ether oxygens (including phenoxy) is 3. The van der Waals surface area contributed by atoms with Gasteiger partial charge >= 0.3 is 5.97 Å². The molecule has 0 radical (unpaired) electrons. The monoisotopic (exact) mass is 410 g/mol. The van der Waals surface area contributed by atoms with E-state index in [2.05, 4.69) is 4.98 Å². The van der Waals surface area contributed by atoms with Crippen LogP contribution in [0.15, 0.2) is 35.3 Å². The summed E-state index contributed by atoms with van der Waals surface area (Å²) >= 11 is 0. The van der Waals surface area contributed by atoms with E-state index < -0.39 is 5.97 Å². The van der Waals surface area contributed by atoms with Gasteiger partial charge in [-0.05, 0) is 42.8 Å². The number of nitrogens with zero attached hydrogens (tertiary/aromatic N) is 2. The van der Waals surface area contributed by atoms with Crippen molar-refractivity contribution < 1.29 is 24.1 Å². The van der Waals surface area contributed by atoms with E-state index >= 15 is 0 Å². The lowest BCUT2D eigenvalue weighted by molar-refractivity contribution is 0.0696. The van der Waals surface area contributed by atoms with E-state index in [-0.39, 0.29) is 11.1 Å². The van der Waals surface area contributed by atoms with E-state index in [9.17, 15) is 14.7 Å². The molecule has 0 spiro atoms. The molecule has 3 aromatic rings. The Balaban J connectivity index is 2.14. The van der Waals surface area contributed by atoms with Crippen LogP contribution in [0.5, 0.6) is 17.2 Å². The van der Waals surface area contributed by atoms with Gasteiger partial charge in [0, 0.05) is 17.3 Å². The third-order valence-electron chi connectivity index (χ3n) is 4.70. The first kappa shape index (κ1) is 20.9. The molecule has 0 atom stereocenters. The second kappa shape index (κ2) is 8.69. The van der Waals surface area contributed by atoms with Crippen molar-refractivity contribution in [3.8, 4) is 17.2 Å². The maximum atomic E-state index is 12.9. The van der Waals surface area contributed by atoms with Gasteiger partial charge in [-0.25, -0.2) is 9.78 Å². The lowest BCUT2D eigenvalue weighted by Gasteiger charge is -2.14. The molecule has 0 amide bonds. The SMILES string of the molecule is CCc1c(/C=C/c2ccc(OC)c(OC)c2OC)nc2ccc(C(=O)O)cn2c1=O. The number of carbonyl (C=O) groups is 1. The van der Waals surface area contributed by atoms with Crippen molar-refractivity contribution in [2.75, 3.05) is 21.3 Å². The maximum absolute atomic E-state index is 12.9. The fourth-order valence-electron chi connectivity index (χ4n) is 3.21. The number of hydrogen-bond acceptors (Lipinski definition) is 6. The van der Waals surface area contributed by atoms with Gasteiger partial charge in [-0.15, -0.1) is 0 Å². The molecule has 0 unspecified atom stereocenters. The predicted molar refractivity (Wildman–Crippen MR) is 113 cm³/mol. The van der Waals surface area contributed by atoms with Crippen LogP contribution in [0.1, 0.15) is 34.1 Å². The highest BCUT2D eigenvalue weighted by atomic mass is 16.5. The summed E-state index contributed by atoms with van der Waals surface area (Å²) < 4.78 is 17.4. The molecule has 1 aromatic carbocycles. The number of aromatic carboxylic acids is 1. The molecule has 0 saturated carbocycles. The smallest absolute Gasteiger partial charge is 0.337 e.